The molecule has 0 spiro atoms. The maximum Gasteiger partial charge on any atom is 0.134 e. The minimum atomic E-state index is -1.23. The number of rotatable bonds is 4. The molecule has 0 aliphatic rings. The van der Waals surface area contributed by atoms with Gasteiger partial charge in [-0.1, -0.05) is 13.0 Å². The molecule has 0 aliphatic carbocycles. The molecule has 20 heavy (non-hydrogen) atoms. The van der Waals surface area contributed by atoms with Crippen LogP contribution in [0.3, 0.4) is 0 Å². The molecule has 1 atom stereocenters. The van der Waals surface area contributed by atoms with Crippen LogP contribution in [0.4, 0.5) is 8.78 Å². The first-order valence-corrected chi connectivity index (χ1v) is 6.58. The topological polar surface area (TPSA) is 38.0 Å². The second-order valence-electron chi connectivity index (χ2n) is 4.92. The average Bonchev–Trinajstić information content (AvgIpc) is 2.75. The first-order valence-electron chi connectivity index (χ1n) is 6.58. The van der Waals surface area contributed by atoms with Crippen molar-refractivity contribution in [2.24, 2.45) is 7.05 Å². The van der Waals surface area contributed by atoms with Crippen LogP contribution < -0.4 is 0 Å². The summed E-state index contributed by atoms with van der Waals surface area (Å²) in [4.78, 5) is 0. The zero-order chi connectivity index (χ0) is 14.9. The molecule has 0 amide bonds. The molecule has 2 rings (SSSR count). The number of aliphatic hydroxyl groups excluding tert-OH is 1. The molecule has 1 aromatic heterocycles. The van der Waals surface area contributed by atoms with E-state index in [1.54, 1.807) is 18.7 Å². The highest BCUT2D eigenvalue weighted by Crippen LogP contribution is 2.26. The van der Waals surface area contributed by atoms with Gasteiger partial charge in [-0.3, -0.25) is 4.68 Å². The van der Waals surface area contributed by atoms with E-state index in [1.165, 1.54) is 12.1 Å². The molecule has 3 nitrogen and oxygen atoms in total. The molecule has 1 heterocycles. The van der Waals surface area contributed by atoms with Crippen molar-refractivity contribution in [2.75, 3.05) is 0 Å². The number of aryl methyl sites for hydroxylation is 3. The standard InChI is InChI=1S/C15H18F2N2O/c1-4-10-7-11(19(3)18-10)8-13(20)14-12(16)6-5-9(2)15(14)17/h5-7,13,20H,4,8H2,1-3H3. The van der Waals surface area contributed by atoms with Crippen molar-refractivity contribution in [1.82, 2.24) is 9.78 Å². The van der Waals surface area contributed by atoms with Gasteiger partial charge in [0.15, 0.2) is 0 Å². The van der Waals surface area contributed by atoms with Gasteiger partial charge in [0.25, 0.3) is 0 Å². The van der Waals surface area contributed by atoms with E-state index in [0.29, 0.717) is 5.56 Å². The summed E-state index contributed by atoms with van der Waals surface area (Å²) < 4.78 is 29.3. The highest BCUT2D eigenvalue weighted by molar-refractivity contribution is 5.29. The van der Waals surface area contributed by atoms with E-state index in [2.05, 4.69) is 5.10 Å². The zero-order valence-electron chi connectivity index (χ0n) is 11.8. The summed E-state index contributed by atoms with van der Waals surface area (Å²) in [6, 6.07) is 4.38. The van der Waals surface area contributed by atoms with Crippen LogP contribution in [0.15, 0.2) is 18.2 Å². The summed E-state index contributed by atoms with van der Waals surface area (Å²) in [5.41, 5.74) is 1.68. The van der Waals surface area contributed by atoms with E-state index >= 15 is 0 Å². The fourth-order valence-electron chi connectivity index (χ4n) is 2.22. The lowest BCUT2D eigenvalue weighted by molar-refractivity contribution is 0.165. The smallest absolute Gasteiger partial charge is 0.134 e. The summed E-state index contributed by atoms with van der Waals surface area (Å²) in [5, 5.41) is 14.4. The second-order valence-corrected chi connectivity index (χ2v) is 4.92. The van der Waals surface area contributed by atoms with Gasteiger partial charge in [0, 0.05) is 19.2 Å². The molecule has 0 saturated carbocycles. The van der Waals surface area contributed by atoms with Crippen LogP contribution in [0.2, 0.25) is 0 Å². The third kappa shape index (κ3) is 2.72. The second kappa shape index (κ2) is 5.71. The van der Waals surface area contributed by atoms with Crippen molar-refractivity contribution in [3.8, 4) is 0 Å². The monoisotopic (exact) mass is 280 g/mol. The Labute approximate surface area is 116 Å². The molecular weight excluding hydrogens is 262 g/mol. The minimum Gasteiger partial charge on any atom is -0.388 e. The van der Waals surface area contributed by atoms with E-state index in [4.69, 9.17) is 0 Å². The zero-order valence-corrected chi connectivity index (χ0v) is 11.8. The lowest BCUT2D eigenvalue weighted by Crippen LogP contribution is -2.11. The largest absolute Gasteiger partial charge is 0.388 e. The summed E-state index contributed by atoms with van der Waals surface area (Å²) in [6.07, 6.45) is -0.326. The first-order chi connectivity index (χ1) is 9.43. The maximum absolute atomic E-state index is 14.0. The Bertz CT molecular complexity index is 623. The number of hydrogen-bond acceptors (Lipinski definition) is 2. The third-order valence-electron chi connectivity index (χ3n) is 3.44. The van der Waals surface area contributed by atoms with Crippen LogP contribution in [0, 0.1) is 18.6 Å². The number of benzene rings is 1. The predicted octanol–water partition coefficient (Wildman–Crippen LogP) is 2.85. The van der Waals surface area contributed by atoms with Gasteiger partial charge >= 0.3 is 0 Å². The number of halogens is 2. The van der Waals surface area contributed by atoms with Gasteiger partial charge in [0.2, 0.25) is 0 Å². The number of nitrogens with zero attached hydrogens (tertiary/aromatic N) is 2. The van der Waals surface area contributed by atoms with Crippen molar-refractivity contribution in [2.45, 2.75) is 32.8 Å². The molecule has 0 aliphatic heterocycles. The average molecular weight is 280 g/mol. The van der Waals surface area contributed by atoms with E-state index in [1.807, 2.05) is 13.0 Å². The van der Waals surface area contributed by atoms with E-state index in [0.717, 1.165) is 17.8 Å². The summed E-state index contributed by atoms with van der Waals surface area (Å²) in [7, 11) is 1.75. The molecule has 0 fully saturated rings. The Morgan fingerprint density at radius 2 is 2.05 bits per heavy atom. The van der Waals surface area contributed by atoms with E-state index in [-0.39, 0.29) is 12.0 Å². The SMILES string of the molecule is CCc1cc(CC(O)c2c(F)ccc(C)c2F)n(C)n1. The minimum absolute atomic E-state index is 0.126. The van der Waals surface area contributed by atoms with E-state index < -0.39 is 17.7 Å². The third-order valence-corrected chi connectivity index (χ3v) is 3.44. The number of aliphatic hydroxyl groups is 1. The van der Waals surface area contributed by atoms with Crippen LogP contribution in [0.25, 0.3) is 0 Å². The first kappa shape index (κ1) is 14.7. The predicted molar refractivity (Wildman–Crippen MR) is 72.3 cm³/mol. The summed E-state index contributed by atoms with van der Waals surface area (Å²) in [5.74, 6) is -1.41. The highest BCUT2D eigenvalue weighted by atomic mass is 19.1. The number of hydrogen-bond donors (Lipinski definition) is 1. The normalized spacial score (nSPS) is 12.7. The van der Waals surface area contributed by atoms with Crippen molar-refractivity contribution < 1.29 is 13.9 Å². The summed E-state index contributed by atoms with van der Waals surface area (Å²) >= 11 is 0. The van der Waals surface area contributed by atoms with Gasteiger partial charge in [-0.15, -0.1) is 0 Å². The van der Waals surface area contributed by atoms with Crippen LogP contribution in [-0.2, 0) is 19.9 Å². The van der Waals surface area contributed by atoms with Gasteiger partial charge in [-0.25, -0.2) is 8.78 Å². The van der Waals surface area contributed by atoms with Gasteiger partial charge < -0.3 is 5.11 Å². The molecule has 1 N–H and O–H groups in total. The van der Waals surface area contributed by atoms with Crippen molar-refractivity contribution in [3.63, 3.8) is 0 Å². The Morgan fingerprint density at radius 3 is 2.65 bits per heavy atom. The van der Waals surface area contributed by atoms with Crippen LogP contribution in [0.1, 0.15) is 35.5 Å². The fraction of sp³-hybridized carbons (Fsp3) is 0.400. The molecule has 1 unspecified atom stereocenters. The van der Waals surface area contributed by atoms with Gasteiger partial charge in [0.05, 0.1) is 17.4 Å². The Morgan fingerprint density at radius 1 is 1.35 bits per heavy atom. The molecule has 0 bridgehead atoms. The molecule has 1 aromatic carbocycles. The highest BCUT2D eigenvalue weighted by Gasteiger charge is 2.21. The number of aromatic nitrogens is 2. The fourth-order valence-corrected chi connectivity index (χ4v) is 2.22. The molecule has 2 aromatic rings. The quantitative estimate of drug-likeness (QED) is 0.935. The Balaban J connectivity index is 2.30. The maximum atomic E-state index is 14.0. The molecule has 0 radical (unpaired) electrons. The van der Waals surface area contributed by atoms with Gasteiger partial charge in [-0.2, -0.15) is 5.10 Å². The lowest BCUT2D eigenvalue weighted by Gasteiger charge is -2.14. The van der Waals surface area contributed by atoms with Crippen LogP contribution in [-0.4, -0.2) is 14.9 Å². The Hall–Kier alpha value is -1.75. The van der Waals surface area contributed by atoms with Gasteiger partial charge in [-0.05, 0) is 31.0 Å². The molecule has 5 heteroatoms. The molecule has 0 saturated heterocycles. The molecule has 108 valence electrons. The van der Waals surface area contributed by atoms with Crippen molar-refractivity contribution >= 4 is 0 Å². The summed E-state index contributed by atoms with van der Waals surface area (Å²) in [6.45, 7) is 3.52. The van der Waals surface area contributed by atoms with Crippen LogP contribution in [0.5, 0.6) is 0 Å². The van der Waals surface area contributed by atoms with Gasteiger partial charge in [0.1, 0.15) is 11.6 Å². The molecular formula is C15H18F2N2O. The Kier molecular flexibility index (Phi) is 4.18. The lowest BCUT2D eigenvalue weighted by atomic mass is 10.0. The van der Waals surface area contributed by atoms with Crippen LogP contribution >= 0.6 is 0 Å². The van der Waals surface area contributed by atoms with Crippen molar-refractivity contribution in [1.29, 1.82) is 0 Å². The van der Waals surface area contributed by atoms with E-state index in [9.17, 15) is 13.9 Å². The van der Waals surface area contributed by atoms with Crippen molar-refractivity contribution in [3.05, 3.63) is 52.3 Å².